The smallest absolute Gasteiger partial charge is 0.306 e. The molecule has 0 fully saturated rings. The largest absolute Gasteiger partial charge is 0.469 e. The van der Waals surface area contributed by atoms with Crippen LogP contribution in [0.3, 0.4) is 0 Å². The molecule has 0 atom stereocenters. The Kier molecular flexibility index (Phi) is 3.99. The van der Waals surface area contributed by atoms with Gasteiger partial charge >= 0.3 is 5.97 Å². The van der Waals surface area contributed by atoms with Gasteiger partial charge in [0.2, 0.25) is 0 Å². The average molecular weight is 294 g/mol. The van der Waals surface area contributed by atoms with E-state index in [0.29, 0.717) is 11.0 Å². The number of ether oxygens (including phenoxy) is 1. The van der Waals surface area contributed by atoms with Crippen LogP contribution in [0.1, 0.15) is 12.0 Å². The van der Waals surface area contributed by atoms with Gasteiger partial charge in [0.05, 0.1) is 29.7 Å². The molecule has 0 saturated heterocycles. The van der Waals surface area contributed by atoms with E-state index in [-0.39, 0.29) is 17.1 Å². The molecule has 0 aliphatic heterocycles. The second-order valence-corrected chi connectivity index (χ2v) is 6.36. The van der Waals surface area contributed by atoms with E-state index in [0.717, 1.165) is 5.56 Å². The Bertz CT molecular complexity index is 756. The van der Waals surface area contributed by atoms with E-state index in [1.165, 1.54) is 19.4 Å². The summed E-state index contributed by atoms with van der Waals surface area (Å²) >= 11 is 0. The van der Waals surface area contributed by atoms with Gasteiger partial charge in [0, 0.05) is 12.4 Å². The van der Waals surface area contributed by atoms with Crippen LogP contribution < -0.4 is 0 Å². The van der Waals surface area contributed by atoms with Crippen molar-refractivity contribution in [3.63, 3.8) is 0 Å². The standard InChI is InChI=1S/C13H14N2O4S/c1-9-3-6-15-13-10(4-7-14-12(9)13)20(17,18)8-5-11(16)19-2/h3-4,6-7H,5,8H2,1-2H3. The third-order valence-corrected chi connectivity index (χ3v) is 4.67. The molecule has 6 nitrogen and oxygen atoms in total. The zero-order valence-electron chi connectivity index (χ0n) is 11.2. The third kappa shape index (κ3) is 2.77. The van der Waals surface area contributed by atoms with Crippen LogP contribution in [-0.2, 0) is 19.4 Å². The van der Waals surface area contributed by atoms with E-state index in [4.69, 9.17) is 0 Å². The van der Waals surface area contributed by atoms with E-state index >= 15 is 0 Å². The van der Waals surface area contributed by atoms with Crippen LogP contribution in [-0.4, -0.2) is 37.2 Å². The molecule has 0 unspecified atom stereocenters. The number of hydrogen-bond donors (Lipinski definition) is 0. The molecule has 2 aromatic heterocycles. The van der Waals surface area contributed by atoms with Crippen LogP contribution in [0.2, 0.25) is 0 Å². The third-order valence-electron chi connectivity index (χ3n) is 2.93. The number of carbonyl (C=O) groups excluding carboxylic acids is 1. The maximum absolute atomic E-state index is 12.3. The number of esters is 1. The Morgan fingerprint density at radius 2 is 1.85 bits per heavy atom. The Hall–Kier alpha value is -2.02. The summed E-state index contributed by atoms with van der Waals surface area (Å²) < 4.78 is 29.1. The van der Waals surface area contributed by atoms with Gasteiger partial charge < -0.3 is 4.74 Å². The van der Waals surface area contributed by atoms with Gasteiger partial charge in [-0.05, 0) is 24.6 Å². The van der Waals surface area contributed by atoms with Crippen LogP contribution >= 0.6 is 0 Å². The van der Waals surface area contributed by atoms with Crippen molar-refractivity contribution in [1.82, 2.24) is 9.97 Å². The van der Waals surface area contributed by atoms with Crippen molar-refractivity contribution in [3.8, 4) is 0 Å². The first kappa shape index (κ1) is 14.4. The predicted molar refractivity (Wildman–Crippen MR) is 73.0 cm³/mol. The molecule has 106 valence electrons. The van der Waals surface area contributed by atoms with Gasteiger partial charge in [-0.1, -0.05) is 0 Å². The SMILES string of the molecule is COC(=O)CCS(=O)(=O)c1ccnc2c(C)ccnc12. The first-order chi connectivity index (χ1) is 9.45. The lowest BCUT2D eigenvalue weighted by molar-refractivity contribution is -0.140. The average Bonchev–Trinajstić information content (AvgIpc) is 2.44. The van der Waals surface area contributed by atoms with Crippen molar-refractivity contribution in [1.29, 1.82) is 0 Å². The van der Waals surface area contributed by atoms with Crippen LogP contribution in [0.15, 0.2) is 29.4 Å². The number of methoxy groups -OCH3 is 1. The summed E-state index contributed by atoms with van der Waals surface area (Å²) in [7, 11) is -2.39. The highest BCUT2D eigenvalue weighted by Crippen LogP contribution is 2.22. The summed E-state index contributed by atoms with van der Waals surface area (Å²) in [5.74, 6) is -0.870. The number of aryl methyl sites for hydroxylation is 1. The molecule has 20 heavy (non-hydrogen) atoms. The fourth-order valence-electron chi connectivity index (χ4n) is 1.83. The normalized spacial score (nSPS) is 11.5. The van der Waals surface area contributed by atoms with E-state index in [2.05, 4.69) is 14.7 Å². The Balaban J connectivity index is 2.47. The number of aromatic nitrogens is 2. The minimum atomic E-state index is -3.61. The van der Waals surface area contributed by atoms with Crippen LogP contribution in [0, 0.1) is 6.92 Å². The van der Waals surface area contributed by atoms with Gasteiger partial charge in [0.1, 0.15) is 5.52 Å². The lowest BCUT2D eigenvalue weighted by atomic mass is 10.2. The summed E-state index contributed by atoms with van der Waals surface area (Å²) in [5.41, 5.74) is 1.73. The van der Waals surface area contributed by atoms with Crippen LogP contribution in [0.25, 0.3) is 11.0 Å². The molecule has 0 aromatic carbocycles. The summed E-state index contributed by atoms with van der Waals surface area (Å²) in [6.07, 6.45) is 2.79. The molecule has 0 aliphatic rings. The van der Waals surface area contributed by atoms with Gasteiger partial charge in [-0.2, -0.15) is 0 Å². The number of hydrogen-bond acceptors (Lipinski definition) is 6. The minimum absolute atomic E-state index is 0.0927. The lowest BCUT2D eigenvalue weighted by Gasteiger charge is -2.07. The van der Waals surface area contributed by atoms with Crippen molar-refractivity contribution in [2.75, 3.05) is 12.9 Å². The molecule has 7 heteroatoms. The van der Waals surface area contributed by atoms with E-state index in [9.17, 15) is 13.2 Å². The van der Waals surface area contributed by atoms with Gasteiger partial charge in [-0.3, -0.25) is 14.8 Å². The molecule has 2 heterocycles. The van der Waals surface area contributed by atoms with Crippen LogP contribution in [0.4, 0.5) is 0 Å². The lowest BCUT2D eigenvalue weighted by Crippen LogP contribution is -2.13. The molecular formula is C13H14N2O4S. The summed E-state index contributed by atoms with van der Waals surface area (Å²) in [4.78, 5) is 19.4. The van der Waals surface area contributed by atoms with E-state index in [1.807, 2.05) is 6.92 Å². The number of sulfone groups is 1. The number of carbonyl (C=O) groups is 1. The Morgan fingerprint density at radius 1 is 1.20 bits per heavy atom. The summed E-state index contributed by atoms with van der Waals surface area (Å²) in [6.45, 7) is 1.84. The Labute approximate surface area is 116 Å². The monoisotopic (exact) mass is 294 g/mol. The zero-order valence-corrected chi connectivity index (χ0v) is 12.0. The van der Waals surface area contributed by atoms with Crippen molar-refractivity contribution in [2.24, 2.45) is 0 Å². The van der Waals surface area contributed by atoms with Crippen molar-refractivity contribution < 1.29 is 17.9 Å². The molecule has 0 radical (unpaired) electrons. The predicted octanol–water partition coefficient (Wildman–Crippen LogP) is 1.28. The van der Waals surface area contributed by atoms with E-state index < -0.39 is 15.8 Å². The topological polar surface area (TPSA) is 86.2 Å². The second-order valence-electron chi connectivity index (χ2n) is 4.28. The molecule has 2 rings (SSSR count). The molecule has 0 spiro atoms. The van der Waals surface area contributed by atoms with Crippen molar-refractivity contribution >= 4 is 26.8 Å². The molecule has 0 aliphatic carbocycles. The first-order valence-electron chi connectivity index (χ1n) is 5.95. The fraction of sp³-hybridized carbons (Fsp3) is 0.308. The summed E-state index contributed by atoms with van der Waals surface area (Å²) in [5, 5.41) is 0. The molecule has 0 amide bonds. The molecule has 0 N–H and O–H groups in total. The second kappa shape index (κ2) is 5.54. The molecular weight excluding hydrogens is 280 g/mol. The highest BCUT2D eigenvalue weighted by Gasteiger charge is 2.21. The molecule has 0 saturated carbocycles. The van der Waals surface area contributed by atoms with E-state index in [1.54, 1.807) is 12.3 Å². The van der Waals surface area contributed by atoms with Crippen molar-refractivity contribution in [3.05, 3.63) is 30.1 Å². The maximum atomic E-state index is 12.3. The van der Waals surface area contributed by atoms with Crippen molar-refractivity contribution in [2.45, 2.75) is 18.2 Å². The number of fused-ring (bicyclic) bond motifs is 1. The molecule has 0 bridgehead atoms. The van der Waals surface area contributed by atoms with Gasteiger partial charge in [-0.15, -0.1) is 0 Å². The van der Waals surface area contributed by atoms with Gasteiger partial charge in [-0.25, -0.2) is 8.42 Å². The van der Waals surface area contributed by atoms with Gasteiger partial charge in [0.15, 0.2) is 9.84 Å². The zero-order chi connectivity index (χ0) is 14.8. The summed E-state index contributed by atoms with van der Waals surface area (Å²) in [6, 6.07) is 3.17. The first-order valence-corrected chi connectivity index (χ1v) is 7.61. The highest BCUT2D eigenvalue weighted by molar-refractivity contribution is 7.91. The highest BCUT2D eigenvalue weighted by atomic mass is 32.2. The number of pyridine rings is 2. The number of rotatable bonds is 4. The van der Waals surface area contributed by atoms with Gasteiger partial charge in [0.25, 0.3) is 0 Å². The van der Waals surface area contributed by atoms with Crippen LogP contribution in [0.5, 0.6) is 0 Å². The Morgan fingerprint density at radius 3 is 2.55 bits per heavy atom. The minimum Gasteiger partial charge on any atom is -0.469 e. The quantitative estimate of drug-likeness (QED) is 0.789. The fourth-order valence-corrected chi connectivity index (χ4v) is 3.20. The molecule has 2 aromatic rings. The number of nitrogens with zero attached hydrogens (tertiary/aromatic N) is 2. The maximum Gasteiger partial charge on any atom is 0.306 e.